The first-order chi connectivity index (χ1) is 12.9. The van der Waals surface area contributed by atoms with Crippen LogP contribution in [0.25, 0.3) is 6.08 Å². The summed E-state index contributed by atoms with van der Waals surface area (Å²) in [4.78, 5) is 12.4. The number of nitriles is 1. The minimum Gasteiger partial charge on any atom is -0.493 e. The van der Waals surface area contributed by atoms with Crippen molar-refractivity contribution in [1.82, 2.24) is 0 Å². The van der Waals surface area contributed by atoms with Gasteiger partial charge in [-0.1, -0.05) is 34.8 Å². The number of nitrogens with one attached hydrogen (secondary N) is 1. The molecule has 0 spiro atoms. The van der Waals surface area contributed by atoms with Crippen LogP contribution in [0.3, 0.4) is 0 Å². The molecule has 0 bridgehead atoms. The van der Waals surface area contributed by atoms with Crippen molar-refractivity contribution in [2.24, 2.45) is 0 Å². The van der Waals surface area contributed by atoms with Crippen LogP contribution < -0.4 is 14.8 Å². The molecule has 0 unspecified atom stereocenters. The van der Waals surface area contributed by atoms with E-state index in [0.717, 1.165) is 0 Å². The van der Waals surface area contributed by atoms with Gasteiger partial charge >= 0.3 is 0 Å². The summed E-state index contributed by atoms with van der Waals surface area (Å²) in [5.74, 6) is 0.301. The summed E-state index contributed by atoms with van der Waals surface area (Å²) in [5, 5.41) is 12.9. The Morgan fingerprint density at radius 1 is 1.15 bits per heavy atom. The number of rotatable bonds is 6. The number of hydrogen-bond donors (Lipinski definition) is 1. The van der Waals surface area contributed by atoms with Gasteiger partial charge in [0.2, 0.25) is 0 Å². The first-order valence-electron chi connectivity index (χ1n) is 7.78. The zero-order valence-electron chi connectivity index (χ0n) is 14.5. The number of methoxy groups -OCH3 is 1. The smallest absolute Gasteiger partial charge is 0.266 e. The number of amides is 1. The Kier molecular flexibility index (Phi) is 7.37. The van der Waals surface area contributed by atoms with Gasteiger partial charge in [0.1, 0.15) is 11.6 Å². The number of carbonyl (C=O) groups is 1. The molecular weight excluding hydrogens is 411 g/mol. The monoisotopic (exact) mass is 424 g/mol. The Labute approximate surface area is 172 Å². The molecule has 8 heteroatoms. The Hall–Kier alpha value is -2.39. The third-order valence-electron chi connectivity index (χ3n) is 3.43. The minimum atomic E-state index is -0.611. The third-order valence-corrected chi connectivity index (χ3v) is 4.49. The highest BCUT2D eigenvalue weighted by atomic mass is 35.5. The molecule has 0 aliphatic carbocycles. The fraction of sp³-hybridized carbons (Fsp3) is 0.158. The summed E-state index contributed by atoms with van der Waals surface area (Å²) in [6.07, 6.45) is 1.37. The normalized spacial score (nSPS) is 10.9. The number of carbonyl (C=O) groups excluding carboxylic acids is 1. The van der Waals surface area contributed by atoms with Gasteiger partial charge in [-0.05, 0) is 42.8 Å². The second-order valence-corrected chi connectivity index (χ2v) is 6.43. The number of ether oxygens (including phenoxy) is 2. The van der Waals surface area contributed by atoms with Gasteiger partial charge in [0.15, 0.2) is 11.5 Å². The van der Waals surface area contributed by atoms with Gasteiger partial charge in [0, 0.05) is 11.8 Å². The van der Waals surface area contributed by atoms with Gasteiger partial charge in [-0.3, -0.25) is 4.79 Å². The molecule has 140 valence electrons. The summed E-state index contributed by atoms with van der Waals surface area (Å²) in [5.41, 5.74) is 0.706. The molecule has 0 saturated heterocycles. The average molecular weight is 426 g/mol. The fourth-order valence-electron chi connectivity index (χ4n) is 2.17. The van der Waals surface area contributed by atoms with Crippen molar-refractivity contribution in [3.05, 3.63) is 56.5 Å². The number of hydrogen-bond acceptors (Lipinski definition) is 4. The van der Waals surface area contributed by atoms with Crippen LogP contribution in [0, 0.1) is 11.3 Å². The van der Waals surface area contributed by atoms with Gasteiger partial charge in [-0.2, -0.15) is 5.26 Å². The van der Waals surface area contributed by atoms with Gasteiger partial charge < -0.3 is 14.8 Å². The number of benzene rings is 2. The number of halogens is 3. The Balaban J connectivity index is 2.33. The van der Waals surface area contributed by atoms with Gasteiger partial charge in [-0.15, -0.1) is 0 Å². The lowest BCUT2D eigenvalue weighted by molar-refractivity contribution is -0.112. The van der Waals surface area contributed by atoms with E-state index in [0.29, 0.717) is 39.4 Å². The van der Waals surface area contributed by atoms with Gasteiger partial charge in [0.05, 0.1) is 28.8 Å². The molecular formula is C19H15Cl3N2O3. The maximum absolute atomic E-state index is 12.4. The van der Waals surface area contributed by atoms with Crippen molar-refractivity contribution < 1.29 is 14.3 Å². The minimum absolute atomic E-state index is 0.144. The highest BCUT2D eigenvalue weighted by molar-refractivity contribution is 6.42. The van der Waals surface area contributed by atoms with Crippen molar-refractivity contribution in [3.63, 3.8) is 0 Å². The van der Waals surface area contributed by atoms with Crippen molar-refractivity contribution in [1.29, 1.82) is 5.26 Å². The predicted molar refractivity (Wildman–Crippen MR) is 108 cm³/mol. The van der Waals surface area contributed by atoms with Crippen LogP contribution in [-0.4, -0.2) is 19.6 Å². The summed E-state index contributed by atoms with van der Waals surface area (Å²) in [7, 11) is 1.49. The van der Waals surface area contributed by atoms with Gasteiger partial charge in [0.25, 0.3) is 5.91 Å². The lowest BCUT2D eigenvalue weighted by Crippen LogP contribution is -2.13. The third kappa shape index (κ3) is 5.30. The van der Waals surface area contributed by atoms with E-state index in [4.69, 9.17) is 44.3 Å². The first-order valence-corrected chi connectivity index (χ1v) is 8.91. The van der Waals surface area contributed by atoms with Crippen LogP contribution in [0.15, 0.2) is 35.9 Å². The fourth-order valence-corrected chi connectivity index (χ4v) is 2.67. The Morgan fingerprint density at radius 2 is 1.89 bits per heavy atom. The molecule has 0 radical (unpaired) electrons. The van der Waals surface area contributed by atoms with E-state index in [1.54, 1.807) is 24.3 Å². The highest BCUT2D eigenvalue weighted by Crippen LogP contribution is 2.34. The lowest BCUT2D eigenvalue weighted by Gasteiger charge is -2.11. The zero-order chi connectivity index (χ0) is 20.0. The molecule has 1 N–H and O–H groups in total. The molecule has 0 atom stereocenters. The zero-order valence-corrected chi connectivity index (χ0v) is 16.7. The van der Waals surface area contributed by atoms with E-state index in [-0.39, 0.29) is 10.6 Å². The topological polar surface area (TPSA) is 71.3 Å². The first kappa shape index (κ1) is 20.9. The van der Waals surface area contributed by atoms with Crippen molar-refractivity contribution >= 4 is 52.5 Å². The van der Waals surface area contributed by atoms with Crippen molar-refractivity contribution in [2.75, 3.05) is 19.0 Å². The van der Waals surface area contributed by atoms with Crippen LogP contribution in [0.2, 0.25) is 15.1 Å². The predicted octanol–water partition coefficient (Wildman–Crippen LogP) is 5.60. The van der Waals surface area contributed by atoms with E-state index in [1.807, 2.05) is 13.0 Å². The van der Waals surface area contributed by atoms with E-state index < -0.39 is 5.91 Å². The molecule has 5 nitrogen and oxygen atoms in total. The average Bonchev–Trinajstić information content (AvgIpc) is 2.64. The molecule has 0 heterocycles. The molecule has 0 aliphatic rings. The molecule has 2 aromatic carbocycles. The number of anilines is 1. The SMILES string of the molecule is CCOc1cc(Cl)c(/C=C(\C#N)C(=O)Nc2ccc(Cl)c(Cl)c2)cc1OC. The molecule has 0 aliphatic heterocycles. The van der Waals surface area contributed by atoms with E-state index in [1.165, 1.54) is 19.3 Å². The molecule has 0 saturated carbocycles. The van der Waals surface area contributed by atoms with Crippen LogP contribution in [0.4, 0.5) is 5.69 Å². The number of nitrogens with zero attached hydrogens (tertiary/aromatic N) is 1. The highest BCUT2D eigenvalue weighted by Gasteiger charge is 2.14. The lowest BCUT2D eigenvalue weighted by atomic mass is 10.1. The molecule has 0 fully saturated rings. The maximum atomic E-state index is 12.4. The Bertz CT molecular complexity index is 937. The van der Waals surface area contributed by atoms with Crippen LogP contribution in [0.5, 0.6) is 11.5 Å². The van der Waals surface area contributed by atoms with Crippen molar-refractivity contribution in [3.8, 4) is 17.6 Å². The van der Waals surface area contributed by atoms with Crippen LogP contribution in [-0.2, 0) is 4.79 Å². The summed E-state index contributed by atoms with van der Waals surface area (Å²) in [6, 6.07) is 9.64. The molecule has 1 amide bonds. The van der Waals surface area contributed by atoms with Crippen LogP contribution >= 0.6 is 34.8 Å². The standard InChI is InChI=1S/C19H15Cl3N2O3/c1-3-27-18-9-15(21)11(7-17(18)26-2)6-12(10-23)19(25)24-13-4-5-14(20)16(22)8-13/h4-9H,3H2,1-2H3,(H,24,25)/b12-6+. The summed E-state index contributed by atoms with van der Waals surface area (Å²) >= 11 is 18.0. The van der Waals surface area contributed by atoms with E-state index in [9.17, 15) is 10.1 Å². The van der Waals surface area contributed by atoms with Gasteiger partial charge in [-0.25, -0.2) is 0 Å². The van der Waals surface area contributed by atoms with Crippen LogP contribution in [0.1, 0.15) is 12.5 Å². The molecule has 27 heavy (non-hydrogen) atoms. The molecule has 0 aromatic heterocycles. The maximum Gasteiger partial charge on any atom is 0.266 e. The Morgan fingerprint density at radius 3 is 2.48 bits per heavy atom. The summed E-state index contributed by atoms with van der Waals surface area (Å²) < 4.78 is 10.7. The van der Waals surface area contributed by atoms with Crippen molar-refractivity contribution in [2.45, 2.75) is 6.92 Å². The molecule has 2 aromatic rings. The quantitative estimate of drug-likeness (QED) is 0.483. The second-order valence-electron chi connectivity index (χ2n) is 5.21. The second kappa shape index (κ2) is 9.52. The van der Waals surface area contributed by atoms with E-state index in [2.05, 4.69) is 5.32 Å². The summed E-state index contributed by atoms with van der Waals surface area (Å²) in [6.45, 7) is 2.28. The molecule has 2 rings (SSSR count). The van der Waals surface area contributed by atoms with E-state index >= 15 is 0 Å². The largest absolute Gasteiger partial charge is 0.493 e.